The van der Waals surface area contributed by atoms with Crippen LogP contribution in [0.4, 0.5) is 0 Å². The quantitative estimate of drug-likeness (QED) is 0.329. The molecule has 0 aliphatic rings. The van der Waals surface area contributed by atoms with Crippen molar-refractivity contribution in [3.05, 3.63) is 65.5 Å². The number of benzene rings is 1. The van der Waals surface area contributed by atoms with E-state index >= 15 is 0 Å². The summed E-state index contributed by atoms with van der Waals surface area (Å²) in [6.45, 7) is 4.33. The molecule has 0 aliphatic carbocycles. The number of pyridine rings is 1. The number of hydrogen-bond acceptors (Lipinski definition) is 4. The Balaban J connectivity index is 1.81. The van der Waals surface area contributed by atoms with Crippen LogP contribution in [0.25, 0.3) is 0 Å². The van der Waals surface area contributed by atoms with Crippen LogP contribution in [0.1, 0.15) is 33.2 Å². The van der Waals surface area contributed by atoms with E-state index < -0.39 is 0 Å². The summed E-state index contributed by atoms with van der Waals surface area (Å²) in [5, 5.41) is 9.24. The van der Waals surface area contributed by atoms with Gasteiger partial charge in [-0.15, -0.1) is 0 Å². The summed E-state index contributed by atoms with van der Waals surface area (Å²) in [5.41, 5.74) is 2.27. The lowest BCUT2D eigenvalue weighted by molar-refractivity contribution is 0.0827. The van der Waals surface area contributed by atoms with Gasteiger partial charge in [0.25, 0.3) is 11.8 Å². The molecule has 2 aromatic rings. The summed E-state index contributed by atoms with van der Waals surface area (Å²) < 4.78 is 0. The van der Waals surface area contributed by atoms with Gasteiger partial charge in [0.2, 0.25) is 0 Å². The molecule has 30 heavy (non-hydrogen) atoms. The second-order valence-electron chi connectivity index (χ2n) is 6.83. The number of hydrogen-bond donors (Lipinski definition) is 3. The Bertz CT molecular complexity index is 852. The van der Waals surface area contributed by atoms with Crippen molar-refractivity contribution in [2.45, 2.75) is 13.3 Å². The van der Waals surface area contributed by atoms with Crippen LogP contribution in [-0.4, -0.2) is 67.9 Å². The molecule has 0 spiro atoms. The number of amides is 2. The smallest absolute Gasteiger partial charge is 0.253 e. The van der Waals surface area contributed by atoms with Crippen LogP contribution in [0.15, 0.2) is 53.8 Å². The number of guanidine groups is 1. The summed E-state index contributed by atoms with van der Waals surface area (Å²) in [4.78, 5) is 34.2. The first-order valence-corrected chi connectivity index (χ1v) is 10.0. The minimum Gasteiger partial charge on any atom is -0.357 e. The summed E-state index contributed by atoms with van der Waals surface area (Å²) in [5.74, 6) is 0.524. The van der Waals surface area contributed by atoms with Crippen LogP contribution in [-0.2, 0) is 6.42 Å². The van der Waals surface area contributed by atoms with Crippen molar-refractivity contribution in [2.75, 3.05) is 40.3 Å². The van der Waals surface area contributed by atoms with E-state index in [4.69, 9.17) is 0 Å². The minimum atomic E-state index is -0.154. The van der Waals surface area contributed by atoms with Crippen molar-refractivity contribution in [3.8, 4) is 0 Å². The fourth-order valence-corrected chi connectivity index (χ4v) is 2.71. The number of aromatic nitrogens is 1. The molecule has 0 saturated carbocycles. The highest BCUT2D eigenvalue weighted by Crippen LogP contribution is 2.08. The van der Waals surface area contributed by atoms with E-state index in [-0.39, 0.29) is 11.8 Å². The van der Waals surface area contributed by atoms with Gasteiger partial charge in [0.05, 0.1) is 5.56 Å². The number of aliphatic imine (C=N–C) groups is 1. The van der Waals surface area contributed by atoms with Gasteiger partial charge in [-0.1, -0.05) is 12.1 Å². The average Bonchev–Trinajstić information content (AvgIpc) is 2.76. The Morgan fingerprint density at radius 1 is 1.03 bits per heavy atom. The zero-order valence-electron chi connectivity index (χ0n) is 17.8. The van der Waals surface area contributed by atoms with Crippen LogP contribution >= 0.6 is 0 Å². The molecule has 0 saturated heterocycles. The molecule has 1 aromatic carbocycles. The molecule has 0 aliphatic heterocycles. The van der Waals surface area contributed by atoms with Crippen molar-refractivity contribution in [3.63, 3.8) is 0 Å². The first-order chi connectivity index (χ1) is 14.5. The van der Waals surface area contributed by atoms with E-state index in [0.717, 1.165) is 18.5 Å². The SMILES string of the molecule is CCNC(=NCCc1cccc(C(=O)N(C)C)c1)NCCNC(=O)c1cccnc1. The third-order valence-corrected chi connectivity index (χ3v) is 4.22. The number of carbonyl (C=O) groups is 2. The molecule has 3 N–H and O–H groups in total. The highest BCUT2D eigenvalue weighted by molar-refractivity contribution is 5.94. The number of rotatable bonds is 9. The second-order valence-corrected chi connectivity index (χ2v) is 6.83. The molecular weight excluding hydrogens is 380 g/mol. The Kier molecular flexibility index (Phi) is 9.30. The van der Waals surface area contributed by atoms with Crippen molar-refractivity contribution in [2.24, 2.45) is 4.99 Å². The average molecular weight is 411 g/mol. The molecule has 1 aromatic heterocycles. The van der Waals surface area contributed by atoms with Crippen molar-refractivity contribution in [1.82, 2.24) is 25.8 Å². The molecule has 0 fully saturated rings. The highest BCUT2D eigenvalue weighted by Gasteiger charge is 2.08. The maximum absolute atomic E-state index is 12.1. The fourth-order valence-electron chi connectivity index (χ4n) is 2.71. The van der Waals surface area contributed by atoms with Crippen LogP contribution in [0, 0.1) is 0 Å². The summed E-state index contributed by atoms with van der Waals surface area (Å²) in [6, 6.07) is 11.1. The van der Waals surface area contributed by atoms with Gasteiger partial charge in [0.15, 0.2) is 5.96 Å². The van der Waals surface area contributed by atoms with Crippen LogP contribution in [0.5, 0.6) is 0 Å². The van der Waals surface area contributed by atoms with Gasteiger partial charge in [0, 0.05) is 58.2 Å². The zero-order valence-corrected chi connectivity index (χ0v) is 17.8. The predicted octanol–water partition coefficient (Wildman–Crippen LogP) is 1.31. The van der Waals surface area contributed by atoms with Gasteiger partial charge in [0.1, 0.15) is 0 Å². The molecule has 160 valence electrons. The molecule has 0 radical (unpaired) electrons. The maximum atomic E-state index is 12.1. The largest absolute Gasteiger partial charge is 0.357 e. The molecule has 8 nitrogen and oxygen atoms in total. The van der Waals surface area contributed by atoms with E-state index in [0.29, 0.717) is 36.7 Å². The summed E-state index contributed by atoms with van der Waals surface area (Å²) in [6.07, 6.45) is 3.89. The van der Waals surface area contributed by atoms with Crippen LogP contribution < -0.4 is 16.0 Å². The van der Waals surface area contributed by atoms with Gasteiger partial charge in [-0.25, -0.2) is 0 Å². The molecular formula is C22H30N6O2. The van der Waals surface area contributed by atoms with E-state index in [9.17, 15) is 9.59 Å². The molecule has 0 atom stereocenters. The maximum Gasteiger partial charge on any atom is 0.253 e. The Morgan fingerprint density at radius 3 is 2.50 bits per heavy atom. The standard InChI is InChI=1S/C22H30N6O2/c1-4-24-22(27-14-13-25-20(29)19-9-6-11-23-16-19)26-12-10-17-7-5-8-18(15-17)21(30)28(2)3/h5-9,11,15-16H,4,10,12-14H2,1-3H3,(H,25,29)(H2,24,26,27). The second kappa shape index (κ2) is 12.2. The molecule has 2 rings (SSSR count). The van der Waals surface area contributed by atoms with E-state index in [1.54, 1.807) is 37.3 Å². The third kappa shape index (κ3) is 7.54. The highest BCUT2D eigenvalue weighted by atomic mass is 16.2. The van der Waals surface area contributed by atoms with E-state index in [1.807, 2.05) is 31.2 Å². The topological polar surface area (TPSA) is 98.7 Å². The number of nitrogens with zero attached hydrogens (tertiary/aromatic N) is 3. The Labute approximate surface area is 177 Å². The minimum absolute atomic E-state index is 0.0105. The lowest BCUT2D eigenvalue weighted by Crippen LogP contribution is -2.41. The predicted molar refractivity (Wildman–Crippen MR) is 119 cm³/mol. The van der Waals surface area contributed by atoms with E-state index in [1.165, 1.54) is 6.20 Å². The van der Waals surface area contributed by atoms with Gasteiger partial charge in [-0.2, -0.15) is 0 Å². The summed E-state index contributed by atoms with van der Waals surface area (Å²) >= 11 is 0. The van der Waals surface area contributed by atoms with Crippen LogP contribution in [0.2, 0.25) is 0 Å². The monoisotopic (exact) mass is 410 g/mol. The summed E-state index contributed by atoms with van der Waals surface area (Å²) in [7, 11) is 3.49. The number of carbonyl (C=O) groups excluding carboxylic acids is 2. The fraction of sp³-hybridized carbons (Fsp3) is 0.364. The molecule has 8 heteroatoms. The lowest BCUT2D eigenvalue weighted by atomic mass is 10.1. The molecule has 1 heterocycles. The van der Waals surface area contributed by atoms with Gasteiger partial charge >= 0.3 is 0 Å². The first-order valence-electron chi connectivity index (χ1n) is 10.0. The molecule has 0 unspecified atom stereocenters. The first kappa shape index (κ1) is 22.9. The van der Waals surface area contributed by atoms with Crippen molar-refractivity contribution in [1.29, 1.82) is 0 Å². The van der Waals surface area contributed by atoms with Crippen LogP contribution in [0.3, 0.4) is 0 Å². The third-order valence-electron chi connectivity index (χ3n) is 4.22. The normalized spacial score (nSPS) is 11.0. The zero-order chi connectivity index (χ0) is 21.8. The van der Waals surface area contributed by atoms with Crippen molar-refractivity contribution >= 4 is 17.8 Å². The Hall–Kier alpha value is -3.42. The van der Waals surface area contributed by atoms with Crippen molar-refractivity contribution < 1.29 is 9.59 Å². The van der Waals surface area contributed by atoms with Gasteiger partial charge in [-0.3, -0.25) is 19.6 Å². The van der Waals surface area contributed by atoms with Gasteiger partial charge in [-0.05, 0) is 43.2 Å². The molecule has 0 bridgehead atoms. The van der Waals surface area contributed by atoms with E-state index in [2.05, 4.69) is 25.9 Å². The molecule has 2 amide bonds. The Morgan fingerprint density at radius 2 is 1.80 bits per heavy atom. The van der Waals surface area contributed by atoms with Gasteiger partial charge < -0.3 is 20.9 Å². The lowest BCUT2D eigenvalue weighted by Gasteiger charge is -2.12. The number of nitrogens with one attached hydrogen (secondary N) is 3.